The van der Waals surface area contributed by atoms with E-state index in [2.05, 4.69) is 15.9 Å². The van der Waals surface area contributed by atoms with E-state index in [0.717, 1.165) is 29.2 Å². The summed E-state index contributed by atoms with van der Waals surface area (Å²) in [7, 11) is 3.09. The van der Waals surface area contributed by atoms with Gasteiger partial charge in [-0.15, -0.1) is 0 Å². The van der Waals surface area contributed by atoms with Crippen LogP contribution in [0.5, 0.6) is 11.5 Å². The third kappa shape index (κ3) is 2.37. The number of aldehydes is 1. The van der Waals surface area contributed by atoms with Gasteiger partial charge in [0.15, 0.2) is 17.8 Å². The molecule has 4 nitrogen and oxygen atoms in total. The number of hydrogen-bond acceptors (Lipinski definition) is 4. The second-order valence-corrected chi connectivity index (χ2v) is 5.50. The second kappa shape index (κ2) is 4.90. The van der Waals surface area contributed by atoms with Gasteiger partial charge in [0.1, 0.15) is 0 Å². The minimum atomic E-state index is -0.135. The van der Waals surface area contributed by atoms with E-state index in [4.69, 9.17) is 15.2 Å². The van der Waals surface area contributed by atoms with E-state index < -0.39 is 0 Å². The number of carbonyl (C=O) groups is 1. The second-order valence-electron chi connectivity index (χ2n) is 4.65. The minimum Gasteiger partial charge on any atom is -0.493 e. The zero-order valence-electron chi connectivity index (χ0n) is 10.5. The van der Waals surface area contributed by atoms with Crippen molar-refractivity contribution in [1.82, 2.24) is 0 Å². The normalized spacial score (nSPS) is 16.2. The van der Waals surface area contributed by atoms with Crippen LogP contribution in [-0.2, 0) is 6.42 Å². The third-order valence-corrected chi connectivity index (χ3v) is 3.98. The van der Waals surface area contributed by atoms with Crippen molar-refractivity contribution in [2.75, 3.05) is 14.2 Å². The van der Waals surface area contributed by atoms with Gasteiger partial charge in [-0.2, -0.15) is 0 Å². The van der Waals surface area contributed by atoms with Crippen molar-refractivity contribution in [3.63, 3.8) is 0 Å². The van der Waals surface area contributed by atoms with Gasteiger partial charge in [0.2, 0.25) is 0 Å². The van der Waals surface area contributed by atoms with Crippen molar-refractivity contribution in [2.45, 2.75) is 24.8 Å². The van der Waals surface area contributed by atoms with Crippen LogP contribution < -0.4 is 15.2 Å². The number of nitrogens with two attached hydrogens (primary N) is 1. The fourth-order valence-electron chi connectivity index (χ4n) is 2.03. The van der Waals surface area contributed by atoms with Crippen molar-refractivity contribution >= 4 is 22.2 Å². The number of ether oxygens (including phenoxy) is 2. The zero-order chi connectivity index (χ0) is 13.3. The average molecular weight is 314 g/mol. The summed E-state index contributed by atoms with van der Waals surface area (Å²) in [5, 5.41) is 0. The number of rotatable bonds is 5. The lowest BCUT2D eigenvalue weighted by atomic mass is 10.0. The molecule has 0 atom stereocenters. The van der Waals surface area contributed by atoms with E-state index in [1.807, 2.05) is 0 Å². The molecule has 0 radical (unpaired) electrons. The fraction of sp³-hybridized carbons (Fsp3) is 0.462. The lowest BCUT2D eigenvalue weighted by molar-refractivity contribution is 0.112. The highest BCUT2D eigenvalue weighted by molar-refractivity contribution is 9.10. The van der Waals surface area contributed by atoms with Crippen LogP contribution in [0, 0.1) is 0 Å². The Balaban J connectivity index is 2.52. The van der Waals surface area contributed by atoms with Gasteiger partial charge in [-0.3, -0.25) is 4.79 Å². The van der Waals surface area contributed by atoms with Gasteiger partial charge in [0.25, 0.3) is 0 Å². The molecule has 0 aliphatic heterocycles. The highest BCUT2D eigenvalue weighted by Crippen LogP contribution is 2.44. The molecule has 5 heteroatoms. The molecule has 2 rings (SSSR count). The van der Waals surface area contributed by atoms with E-state index in [9.17, 15) is 4.79 Å². The van der Waals surface area contributed by atoms with Crippen molar-refractivity contribution < 1.29 is 14.3 Å². The first kappa shape index (κ1) is 13.4. The lowest BCUT2D eigenvalue weighted by Gasteiger charge is -2.18. The van der Waals surface area contributed by atoms with Crippen molar-refractivity contribution in [2.24, 2.45) is 5.73 Å². The maximum atomic E-state index is 11.0. The van der Waals surface area contributed by atoms with Crippen LogP contribution in [0.15, 0.2) is 10.5 Å². The van der Waals surface area contributed by atoms with Crippen LogP contribution >= 0.6 is 15.9 Å². The first-order chi connectivity index (χ1) is 8.54. The predicted octanol–water partition coefficient (Wildman–Crippen LogP) is 2.31. The Kier molecular flexibility index (Phi) is 3.64. The molecule has 0 heterocycles. The lowest BCUT2D eigenvalue weighted by Crippen LogP contribution is -2.25. The van der Waals surface area contributed by atoms with Gasteiger partial charge < -0.3 is 15.2 Å². The summed E-state index contributed by atoms with van der Waals surface area (Å²) in [6, 6.07) is 1.75. The van der Waals surface area contributed by atoms with Crippen LogP contribution in [0.25, 0.3) is 0 Å². The van der Waals surface area contributed by atoms with Crippen molar-refractivity contribution in [3.05, 3.63) is 21.7 Å². The molecule has 1 fully saturated rings. The smallest absolute Gasteiger partial charge is 0.171 e. The molecule has 18 heavy (non-hydrogen) atoms. The summed E-state index contributed by atoms with van der Waals surface area (Å²) in [4.78, 5) is 11.0. The van der Waals surface area contributed by atoms with Gasteiger partial charge in [-0.1, -0.05) is 15.9 Å². The molecule has 1 saturated carbocycles. The Labute approximate surface area is 115 Å². The molecule has 2 N–H and O–H groups in total. The summed E-state index contributed by atoms with van der Waals surface area (Å²) in [6.07, 6.45) is 3.50. The third-order valence-electron chi connectivity index (χ3n) is 3.27. The summed E-state index contributed by atoms with van der Waals surface area (Å²) in [5.74, 6) is 1.06. The standard InChI is InChI=1S/C13H16BrNO3/c1-17-11-8(7-16)5-10(14)9(12(11)18-2)6-13(15)3-4-13/h5,7H,3-4,6,15H2,1-2H3. The maximum absolute atomic E-state index is 11.0. The van der Waals surface area contributed by atoms with Gasteiger partial charge in [-0.25, -0.2) is 0 Å². The van der Waals surface area contributed by atoms with Gasteiger partial charge in [-0.05, 0) is 25.3 Å². The molecule has 0 aromatic heterocycles. The highest BCUT2D eigenvalue weighted by Gasteiger charge is 2.40. The predicted molar refractivity (Wildman–Crippen MR) is 72.5 cm³/mol. The quantitative estimate of drug-likeness (QED) is 0.847. The topological polar surface area (TPSA) is 61.5 Å². The van der Waals surface area contributed by atoms with Crippen LogP contribution in [0.4, 0.5) is 0 Å². The zero-order valence-corrected chi connectivity index (χ0v) is 12.0. The van der Waals surface area contributed by atoms with Crippen molar-refractivity contribution in [3.8, 4) is 11.5 Å². The number of hydrogen-bond donors (Lipinski definition) is 1. The maximum Gasteiger partial charge on any atom is 0.171 e. The number of carbonyl (C=O) groups excluding carboxylic acids is 1. The van der Waals surface area contributed by atoms with Crippen LogP contribution in [0.1, 0.15) is 28.8 Å². The van der Waals surface area contributed by atoms with Crippen LogP contribution in [-0.4, -0.2) is 26.0 Å². The Morgan fingerprint density at radius 3 is 2.44 bits per heavy atom. The van der Waals surface area contributed by atoms with E-state index in [1.165, 1.54) is 7.11 Å². The largest absolute Gasteiger partial charge is 0.493 e. The SMILES string of the molecule is COc1c(C=O)cc(Br)c(CC2(N)CC2)c1OC. The number of methoxy groups -OCH3 is 2. The Hall–Kier alpha value is -1.07. The minimum absolute atomic E-state index is 0.135. The van der Waals surface area contributed by atoms with Gasteiger partial charge in [0, 0.05) is 15.6 Å². The Morgan fingerprint density at radius 2 is 2.00 bits per heavy atom. The molecule has 0 amide bonds. The van der Waals surface area contributed by atoms with Gasteiger partial charge >= 0.3 is 0 Å². The fourth-order valence-corrected chi connectivity index (χ4v) is 2.60. The Morgan fingerprint density at radius 1 is 1.39 bits per heavy atom. The molecular weight excluding hydrogens is 298 g/mol. The summed E-state index contributed by atoms with van der Waals surface area (Å²) in [6.45, 7) is 0. The van der Waals surface area contributed by atoms with Crippen LogP contribution in [0.3, 0.4) is 0 Å². The Bertz CT molecular complexity index is 484. The van der Waals surface area contributed by atoms with Gasteiger partial charge in [0.05, 0.1) is 19.8 Å². The molecule has 1 aliphatic rings. The molecule has 98 valence electrons. The van der Waals surface area contributed by atoms with E-state index in [1.54, 1.807) is 13.2 Å². The molecule has 0 unspecified atom stereocenters. The van der Waals surface area contributed by atoms with Crippen LogP contribution in [0.2, 0.25) is 0 Å². The highest BCUT2D eigenvalue weighted by atomic mass is 79.9. The summed E-state index contributed by atoms with van der Waals surface area (Å²) in [5.41, 5.74) is 7.43. The molecule has 1 aromatic carbocycles. The van der Waals surface area contributed by atoms with E-state index in [0.29, 0.717) is 23.5 Å². The molecule has 0 spiro atoms. The molecule has 1 aliphatic carbocycles. The van der Waals surface area contributed by atoms with Crippen molar-refractivity contribution in [1.29, 1.82) is 0 Å². The molecule has 1 aromatic rings. The van der Waals surface area contributed by atoms with E-state index in [-0.39, 0.29) is 5.54 Å². The monoisotopic (exact) mass is 313 g/mol. The number of halogens is 1. The molecule has 0 saturated heterocycles. The number of benzene rings is 1. The van der Waals surface area contributed by atoms with E-state index >= 15 is 0 Å². The first-order valence-electron chi connectivity index (χ1n) is 5.72. The molecule has 0 bridgehead atoms. The summed E-state index contributed by atoms with van der Waals surface area (Å²) >= 11 is 3.47. The average Bonchev–Trinajstić information content (AvgIpc) is 3.08. The summed E-state index contributed by atoms with van der Waals surface area (Å²) < 4.78 is 11.5. The first-order valence-corrected chi connectivity index (χ1v) is 6.51. The molecular formula is C13H16BrNO3.